The van der Waals surface area contributed by atoms with Crippen LogP contribution in [0.2, 0.25) is 0 Å². The van der Waals surface area contributed by atoms with E-state index in [4.69, 9.17) is 18.9 Å². The van der Waals surface area contributed by atoms with Crippen LogP contribution in [0.5, 0.6) is 17.2 Å². The lowest BCUT2D eigenvalue weighted by Crippen LogP contribution is -2.35. The van der Waals surface area contributed by atoms with E-state index in [0.29, 0.717) is 11.5 Å². The molecule has 24 heavy (non-hydrogen) atoms. The first-order valence-corrected chi connectivity index (χ1v) is 6.96. The second-order valence-electron chi connectivity index (χ2n) is 4.64. The number of hydrogen-bond acceptors (Lipinski definition) is 8. The molecule has 1 saturated heterocycles. The Kier molecular flexibility index (Phi) is 5.46. The maximum Gasteiger partial charge on any atom is 0.416 e. The van der Waals surface area contributed by atoms with Gasteiger partial charge in [0.1, 0.15) is 17.9 Å². The van der Waals surface area contributed by atoms with Gasteiger partial charge in [-0.3, -0.25) is 4.79 Å². The number of carbonyl (C=O) groups is 3. The third kappa shape index (κ3) is 3.50. The Balaban J connectivity index is 2.11. The van der Waals surface area contributed by atoms with Gasteiger partial charge in [-0.25, -0.2) is 14.5 Å². The summed E-state index contributed by atoms with van der Waals surface area (Å²) in [5.41, 5.74) is 0.0620. The van der Waals surface area contributed by atoms with E-state index in [1.165, 1.54) is 33.5 Å². The van der Waals surface area contributed by atoms with Crippen molar-refractivity contribution >= 4 is 18.0 Å². The maximum absolute atomic E-state index is 12.2. The summed E-state index contributed by atoms with van der Waals surface area (Å²) in [6, 6.07) is 2.85. The van der Waals surface area contributed by atoms with Gasteiger partial charge in [-0.1, -0.05) is 0 Å². The highest BCUT2D eigenvalue weighted by molar-refractivity contribution is 5.97. The number of amides is 2. The summed E-state index contributed by atoms with van der Waals surface area (Å²) < 4.78 is 25.0. The van der Waals surface area contributed by atoms with Crippen LogP contribution < -0.4 is 14.2 Å². The number of cyclic esters (lactones) is 1. The van der Waals surface area contributed by atoms with Gasteiger partial charge in [-0.2, -0.15) is 0 Å². The van der Waals surface area contributed by atoms with Crippen LogP contribution in [-0.4, -0.2) is 64.0 Å². The molecule has 0 spiro atoms. The molecule has 0 N–H and O–H groups in total. The SMILES string of the molecule is COc1cc(OC)c(C(=O)OCC(=O)N2CCOC2=O)cc1OC. The lowest BCUT2D eigenvalue weighted by Gasteiger charge is -2.14. The van der Waals surface area contributed by atoms with Crippen molar-refractivity contribution in [2.45, 2.75) is 0 Å². The zero-order valence-electron chi connectivity index (χ0n) is 13.5. The molecular formula is C15H17NO8. The van der Waals surface area contributed by atoms with Gasteiger partial charge in [0.15, 0.2) is 18.1 Å². The van der Waals surface area contributed by atoms with Gasteiger partial charge in [-0.15, -0.1) is 0 Å². The van der Waals surface area contributed by atoms with Crippen molar-refractivity contribution in [2.75, 3.05) is 41.1 Å². The smallest absolute Gasteiger partial charge is 0.416 e. The van der Waals surface area contributed by atoms with Crippen molar-refractivity contribution in [3.8, 4) is 17.2 Å². The molecule has 0 atom stereocenters. The largest absolute Gasteiger partial charge is 0.496 e. The maximum atomic E-state index is 12.2. The van der Waals surface area contributed by atoms with Gasteiger partial charge in [0.2, 0.25) is 0 Å². The molecular weight excluding hydrogens is 322 g/mol. The van der Waals surface area contributed by atoms with E-state index in [0.717, 1.165) is 4.90 Å². The fourth-order valence-corrected chi connectivity index (χ4v) is 2.09. The Morgan fingerprint density at radius 2 is 1.71 bits per heavy atom. The second kappa shape index (κ2) is 7.53. The fourth-order valence-electron chi connectivity index (χ4n) is 2.09. The molecule has 0 radical (unpaired) electrons. The molecule has 1 aromatic carbocycles. The molecule has 1 heterocycles. The first-order chi connectivity index (χ1) is 11.5. The van der Waals surface area contributed by atoms with Gasteiger partial charge in [0.05, 0.1) is 27.9 Å². The van der Waals surface area contributed by atoms with E-state index in [9.17, 15) is 14.4 Å². The van der Waals surface area contributed by atoms with Crippen molar-refractivity contribution in [1.82, 2.24) is 4.90 Å². The Morgan fingerprint density at radius 3 is 2.25 bits per heavy atom. The van der Waals surface area contributed by atoms with Crippen molar-refractivity contribution in [1.29, 1.82) is 0 Å². The minimum Gasteiger partial charge on any atom is -0.496 e. The summed E-state index contributed by atoms with van der Waals surface area (Å²) in [6.45, 7) is -0.331. The monoisotopic (exact) mass is 339 g/mol. The molecule has 1 aliphatic heterocycles. The number of hydrogen-bond donors (Lipinski definition) is 0. The van der Waals surface area contributed by atoms with Crippen LogP contribution in [0.1, 0.15) is 10.4 Å². The Morgan fingerprint density at radius 1 is 1.08 bits per heavy atom. The zero-order chi connectivity index (χ0) is 17.7. The molecule has 2 amide bonds. The molecule has 130 valence electrons. The summed E-state index contributed by atoms with van der Waals surface area (Å²) >= 11 is 0. The summed E-state index contributed by atoms with van der Waals surface area (Å²) in [6.07, 6.45) is -0.750. The number of carbonyl (C=O) groups excluding carboxylic acids is 3. The van der Waals surface area contributed by atoms with E-state index in [-0.39, 0.29) is 24.5 Å². The number of esters is 1. The summed E-state index contributed by atoms with van der Waals surface area (Å²) in [5, 5.41) is 0. The Bertz CT molecular complexity index is 657. The van der Waals surface area contributed by atoms with Crippen LogP contribution in [0, 0.1) is 0 Å². The van der Waals surface area contributed by atoms with E-state index in [1.54, 1.807) is 0 Å². The molecule has 0 unspecified atom stereocenters. The van der Waals surface area contributed by atoms with Crippen LogP contribution in [0.4, 0.5) is 4.79 Å². The number of nitrogens with zero attached hydrogens (tertiary/aromatic N) is 1. The van der Waals surface area contributed by atoms with Gasteiger partial charge in [-0.05, 0) is 0 Å². The summed E-state index contributed by atoms with van der Waals surface area (Å²) in [5.74, 6) is -0.578. The van der Waals surface area contributed by atoms with Crippen molar-refractivity contribution in [2.24, 2.45) is 0 Å². The molecule has 2 rings (SSSR count). The molecule has 1 fully saturated rings. The van der Waals surface area contributed by atoms with Crippen molar-refractivity contribution in [3.63, 3.8) is 0 Å². The molecule has 0 aromatic heterocycles. The molecule has 9 heteroatoms. The standard InChI is InChI=1S/C15H17NO8/c1-20-10-7-12(22-3)11(21-2)6-9(10)14(18)24-8-13(17)16-4-5-23-15(16)19/h6-7H,4-5,8H2,1-3H3. The van der Waals surface area contributed by atoms with E-state index in [2.05, 4.69) is 4.74 Å². The van der Waals surface area contributed by atoms with E-state index >= 15 is 0 Å². The summed E-state index contributed by atoms with van der Waals surface area (Å²) in [7, 11) is 4.24. The van der Waals surface area contributed by atoms with E-state index < -0.39 is 24.6 Å². The number of methoxy groups -OCH3 is 3. The van der Waals surface area contributed by atoms with Crippen molar-refractivity contribution in [3.05, 3.63) is 17.7 Å². The molecule has 1 aliphatic rings. The van der Waals surface area contributed by atoms with Gasteiger partial charge in [0, 0.05) is 12.1 Å². The highest BCUT2D eigenvalue weighted by Gasteiger charge is 2.29. The third-order valence-corrected chi connectivity index (χ3v) is 3.31. The fraction of sp³-hybridized carbons (Fsp3) is 0.400. The predicted octanol–water partition coefficient (Wildman–Crippen LogP) is 0.848. The predicted molar refractivity (Wildman–Crippen MR) is 79.4 cm³/mol. The zero-order valence-corrected chi connectivity index (χ0v) is 13.5. The quantitative estimate of drug-likeness (QED) is 0.703. The minimum absolute atomic E-state index is 0.0620. The average Bonchev–Trinajstić information content (AvgIpc) is 3.04. The first-order valence-electron chi connectivity index (χ1n) is 6.96. The topological polar surface area (TPSA) is 101 Å². The van der Waals surface area contributed by atoms with Gasteiger partial charge in [0.25, 0.3) is 5.91 Å². The normalized spacial score (nSPS) is 13.3. The number of ether oxygens (including phenoxy) is 5. The highest BCUT2D eigenvalue weighted by atomic mass is 16.6. The van der Waals surface area contributed by atoms with Crippen LogP contribution in [-0.2, 0) is 14.3 Å². The lowest BCUT2D eigenvalue weighted by atomic mass is 10.1. The van der Waals surface area contributed by atoms with Gasteiger partial charge < -0.3 is 23.7 Å². The van der Waals surface area contributed by atoms with Crippen LogP contribution in [0.3, 0.4) is 0 Å². The second-order valence-corrected chi connectivity index (χ2v) is 4.64. The van der Waals surface area contributed by atoms with Crippen LogP contribution in [0.15, 0.2) is 12.1 Å². The Labute approximate surface area is 138 Å². The number of rotatable bonds is 6. The molecule has 0 bridgehead atoms. The van der Waals surface area contributed by atoms with Crippen molar-refractivity contribution < 1.29 is 38.1 Å². The molecule has 0 aliphatic carbocycles. The molecule has 1 aromatic rings. The highest BCUT2D eigenvalue weighted by Crippen LogP contribution is 2.34. The van der Waals surface area contributed by atoms with Crippen LogP contribution in [0.25, 0.3) is 0 Å². The molecule has 9 nitrogen and oxygen atoms in total. The lowest BCUT2D eigenvalue weighted by molar-refractivity contribution is -0.131. The number of benzene rings is 1. The van der Waals surface area contributed by atoms with E-state index in [1.807, 2.05) is 0 Å². The summed E-state index contributed by atoms with van der Waals surface area (Å²) in [4.78, 5) is 36.2. The minimum atomic E-state index is -0.797. The Hall–Kier alpha value is -2.97. The third-order valence-electron chi connectivity index (χ3n) is 3.31. The molecule has 0 saturated carbocycles. The van der Waals surface area contributed by atoms with Gasteiger partial charge >= 0.3 is 12.1 Å². The van der Waals surface area contributed by atoms with Crippen LogP contribution >= 0.6 is 0 Å². The number of imide groups is 1. The average molecular weight is 339 g/mol. The first kappa shape index (κ1) is 17.4.